The highest BCUT2D eigenvalue weighted by molar-refractivity contribution is 6.07. The molecule has 0 fully saturated rings. The molecule has 0 aliphatic heterocycles. The molecule has 0 atom stereocenters. The second kappa shape index (κ2) is 11.3. The molecule has 0 aromatic heterocycles. The number of hydrogen-bond acceptors (Lipinski definition) is 4. The number of hydrogen-bond donors (Lipinski definition) is 0. The van der Waals surface area contributed by atoms with Crippen molar-refractivity contribution in [2.75, 3.05) is 14.2 Å². The van der Waals surface area contributed by atoms with Gasteiger partial charge in [0.15, 0.2) is 0 Å². The molecule has 174 valence electrons. The van der Waals surface area contributed by atoms with Gasteiger partial charge in [-0.15, -0.1) is 0 Å². The van der Waals surface area contributed by atoms with Crippen LogP contribution in [-0.4, -0.2) is 26.2 Å². The number of allylic oxidation sites excluding steroid dienone is 11. The van der Waals surface area contributed by atoms with Crippen LogP contribution in [0.4, 0.5) is 0 Å². The first-order valence-electron chi connectivity index (χ1n) is 11.2. The normalized spacial score (nSPS) is 16.2. The van der Waals surface area contributed by atoms with Gasteiger partial charge in [0.2, 0.25) is 0 Å². The molecule has 34 heavy (non-hydrogen) atoms. The van der Waals surface area contributed by atoms with E-state index in [1.807, 2.05) is 73.7 Å². The second-order valence-corrected chi connectivity index (χ2v) is 8.29. The van der Waals surface area contributed by atoms with Crippen LogP contribution < -0.4 is 0 Å². The van der Waals surface area contributed by atoms with E-state index in [4.69, 9.17) is 9.47 Å². The number of fused-ring (bicyclic) bond motifs is 1. The Morgan fingerprint density at radius 3 is 2.18 bits per heavy atom. The summed E-state index contributed by atoms with van der Waals surface area (Å²) in [6.45, 7) is 6.18. The molecule has 4 heteroatoms. The number of carbonyl (C=O) groups is 2. The molecule has 0 heterocycles. The second-order valence-electron chi connectivity index (χ2n) is 8.29. The van der Waals surface area contributed by atoms with Crippen molar-refractivity contribution in [3.05, 3.63) is 124 Å². The summed E-state index contributed by atoms with van der Waals surface area (Å²) >= 11 is 0. The van der Waals surface area contributed by atoms with Crippen LogP contribution in [0.2, 0.25) is 0 Å². The lowest BCUT2D eigenvalue weighted by Gasteiger charge is -2.16. The van der Waals surface area contributed by atoms with Crippen molar-refractivity contribution in [1.82, 2.24) is 0 Å². The van der Waals surface area contributed by atoms with Crippen molar-refractivity contribution in [1.29, 1.82) is 0 Å². The zero-order valence-corrected chi connectivity index (χ0v) is 20.3. The highest BCUT2D eigenvalue weighted by Gasteiger charge is 2.30. The number of rotatable bonds is 6. The third kappa shape index (κ3) is 5.52. The molecule has 0 unspecified atom stereocenters. The van der Waals surface area contributed by atoms with Gasteiger partial charge in [0, 0.05) is 5.57 Å². The Hall–Kier alpha value is -3.92. The molecule has 1 aromatic rings. The maximum atomic E-state index is 12.9. The zero-order chi connectivity index (χ0) is 24.7. The number of carbonyl (C=O) groups excluding carboxylic acids is 2. The van der Waals surface area contributed by atoms with Gasteiger partial charge in [-0.2, -0.15) is 0 Å². The van der Waals surface area contributed by atoms with Gasteiger partial charge in [0.25, 0.3) is 0 Å². The average Bonchev–Trinajstić information content (AvgIpc) is 3.11. The third-order valence-corrected chi connectivity index (χ3v) is 5.70. The van der Waals surface area contributed by atoms with E-state index < -0.39 is 11.9 Å². The first kappa shape index (κ1) is 24.7. The zero-order valence-electron chi connectivity index (χ0n) is 20.3. The van der Waals surface area contributed by atoms with E-state index in [-0.39, 0.29) is 17.1 Å². The third-order valence-electron chi connectivity index (χ3n) is 5.70. The van der Waals surface area contributed by atoms with Crippen molar-refractivity contribution >= 4 is 18.0 Å². The highest BCUT2D eigenvalue weighted by atomic mass is 16.5. The maximum absolute atomic E-state index is 12.9. The fourth-order valence-electron chi connectivity index (χ4n) is 3.83. The highest BCUT2D eigenvalue weighted by Crippen LogP contribution is 2.38. The molecule has 0 bridgehead atoms. The van der Waals surface area contributed by atoms with Crippen LogP contribution in [0.25, 0.3) is 6.08 Å². The summed E-state index contributed by atoms with van der Waals surface area (Å²) < 4.78 is 10.1. The summed E-state index contributed by atoms with van der Waals surface area (Å²) in [7, 11) is 2.62. The summed E-state index contributed by atoms with van der Waals surface area (Å²) in [4.78, 5) is 25.6. The van der Waals surface area contributed by atoms with Gasteiger partial charge in [-0.25, -0.2) is 9.59 Å². The largest absolute Gasteiger partial charge is 0.465 e. The summed E-state index contributed by atoms with van der Waals surface area (Å²) in [5.74, 6) is -0.898. The average molecular weight is 455 g/mol. The van der Waals surface area contributed by atoms with Crippen molar-refractivity contribution in [3.63, 3.8) is 0 Å². The van der Waals surface area contributed by atoms with Gasteiger partial charge in [-0.3, -0.25) is 0 Å². The minimum atomic E-state index is -0.591. The fourth-order valence-corrected chi connectivity index (χ4v) is 3.83. The molecule has 2 aliphatic rings. The lowest BCUT2D eigenvalue weighted by Crippen LogP contribution is -2.16. The molecule has 0 amide bonds. The predicted octanol–water partition coefficient (Wildman–Crippen LogP) is 6.23. The van der Waals surface area contributed by atoms with Crippen LogP contribution in [0, 0.1) is 5.92 Å². The molecular weight excluding hydrogens is 424 g/mol. The Morgan fingerprint density at radius 2 is 1.53 bits per heavy atom. The van der Waals surface area contributed by atoms with E-state index in [1.54, 1.807) is 6.08 Å². The molecule has 4 nitrogen and oxygen atoms in total. The van der Waals surface area contributed by atoms with Crippen LogP contribution in [0.1, 0.15) is 26.3 Å². The number of ether oxygens (including phenoxy) is 2. The Labute approximate surface area is 201 Å². The number of methoxy groups -OCH3 is 2. The van der Waals surface area contributed by atoms with Gasteiger partial charge in [-0.05, 0) is 46.8 Å². The van der Waals surface area contributed by atoms with Crippen LogP contribution >= 0.6 is 0 Å². The van der Waals surface area contributed by atoms with Gasteiger partial charge >= 0.3 is 11.9 Å². The molecule has 0 radical (unpaired) electrons. The Morgan fingerprint density at radius 1 is 0.853 bits per heavy atom. The van der Waals surface area contributed by atoms with E-state index in [1.165, 1.54) is 14.2 Å². The molecule has 0 N–H and O–H groups in total. The topological polar surface area (TPSA) is 52.6 Å². The van der Waals surface area contributed by atoms with Crippen molar-refractivity contribution < 1.29 is 19.1 Å². The van der Waals surface area contributed by atoms with Crippen molar-refractivity contribution in [3.8, 4) is 0 Å². The monoisotopic (exact) mass is 454 g/mol. The summed E-state index contributed by atoms with van der Waals surface area (Å²) in [5, 5.41) is 0. The number of benzene rings is 1. The first-order chi connectivity index (χ1) is 16.4. The van der Waals surface area contributed by atoms with Crippen molar-refractivity contribution in [2.24, 2.45) is 5.92 Å². The predicted molar refractivity (Wildman–Crippen MR) is 137 cm³/mol. The van der Waals surface area contributed by atoms with E-state index in [0.717, 1.165) is 27.9 Å². The minimum absolute atomic E-state index is 0.166. The molecule has 0 saturated carbocycles. The van der Waals surface area contributed by atoms with Gasteiger partial charge < -0.3 is 9.47 Å². The summed E-state index contributed by atoms with van der Waals surface area (Å²) in [5.41, 5.74) is 5.83. The van der Waals surface area contributed by atoms with E-state index in [9.17, 15) is 9.59 Å². The van der Waals surface area contributed by atoms with Crippen molar-refractivity contribution in [2.45, 2.75) is 20.8 Å². The SMILES string of the molecule is COC(=O)C1=C(C(=O)OC)C2=C(C)C=CC(C(C)C)=CC2=C(/C=C\C=C\c2ccccc2)C=C1. The van der Waals surface area contributed by atoms with Crippen LogP contribution in [0.3, 0.4) is 0 Å². The molecule has 0 saturated heterocycles. The van der Waals surface area contributed by atoms with E-state index in [0.29, 0.717) is 5.57 Å². The minimum Gasteiger partial charge on any atom is -0.465 e. The van der Waals surface area contributed by atoms with Crippen LogP contribution in [0.5, 0.6) is 0 Å². The molecule has 3 rings (SSSR count). The molecule has 1 aromatic carbocycles. The van der Waals surface area contributed by atoms with E-state index in [2.05, 4.69) is 26.0 Å². The molecular formula is C30H30O4. The maximum Gasteiger partial charge on any atom is 0.339 e. The smallest absolute Gasteiger partial charge is 0.339 e. The van der Waals surface area contributed by atoms with Gasteiger partial charge in [0.1, 0.15) is 0 Å². The lowest BCUT2D eigenvalue weighted by molar-refractivity contribution is -0.138. The number of esters is 2. The Kier molecular flexibility index (Phi) is 8.20. The standard InChI is InChI=1S/C30H30O4/c1-20(2)24-16-15-21(3)27-26(19-24)23(14-10-9-13-22-11-7-6-8-12-22)17-18-25(29(31)33-4)28(27)30(32)34-5/h6-20H,1-5H3/b13-9+,14-10-. The van der Waals surface area contributed by atoms with E-state index >= 15 is 0 Å². The lowest BCUT2D eigenvalue weighted by atomic mass is 9.88. The molecule has 2 aliphatic carbocycles. The fraction of sp³-hybridized carbons (Fsp3) is 0.200. The summed E-state index contributed by atoms with van der Waals surface area (Å²) in [6.07, 6.45) is 17.5. The summed E-state index contributed by atoms with van der Waals surface area (Å²) in [6, 6.07) is 10.0. The van der Waals surface area contributed by atoms with Crippen LogP contribution in [-0.2, 0) is 19.1 Å². The Bertz CT molecular complexity index is 1210. The van der Waals surface area contributed by atoms with Gasteiger partial charge in [0.05, 0.1) is 25.4 Å². The van der Waals surface area contributed by atoms with Gasteiger partial charge in [-0.1, -0.05) is 92.8 Å². The first-order valence-corrected chi connectivity index (χ1v) is 11.2. The molecule has 0 spiro atoms. The van der Waals surface area contributed by atoms with Crippen LogP contribution in [0.15, 0.2) is 118 Å². The quantitative estimate of drug-likeness (QED) is 0.377. The Balaban J connectivity index is 2.22.